The van der Waals surface area contributed by atoms with Gasteiger partial charge in [0.25, 0.3) is 0 Å². The molecule has 0 saturated carbocycles. The Morgan fingerprint density at radius 1 is 1.10 bits per heavy atom. The maximum atomic E-state index is 5.32. The van der Waals surface area contributed by atoms with Gasteiger partial charge in [0.2, 0.25) is 0 Å². The molecule has 0 aliphatic carbocycles. The number of hydrogen-bond acceptors (Lipinski definition) is 2. The van der Waals surface area contributed by atoms with Crippen LogP contribution in [0.5, 0.6) is 5.75 Å². The van der Waals surface area contributed by atoms with E-state index in [1.54, 1.807) is 7.11 Å². The van der Waals surface area contributed by atoms with Crippen molar-refractivity contribution >= 4 is 22.6 Å². The summed E-state index contributed by atoms with van der Waals surface area (Å²) in [6.07, 6.45) is 0. The number of methoxy groups -OCH3 is 1. The highest BCUT2D eigenvalue weighted by atomic mass is 127. The zero-order valence-corrected chi connectivity index (χ0v) is 15.2. The van der Waals surface area contributed by atoms with Gasteiger partial charge in [0.1, 0.15) is 5.75 Å². The molecule has 0 bridgehead atoms. The van der Waals surface area contributed by atoms with Crippen LogP contribution in [0.1, 0.15) is 35.2 Å². The van der Waals surface area contributed by atoms with E-state index in [-0.39, 0.29) is 6.04 Å². The Labute approximate surface area is 141 Å². The maximum absolute atomic E-state index is 5.32. The quantitative estimate of drug-likeness (QED) is 0.747. The highest BCUT2D eigenvalue weighted by Gasteiger charge is 2.18. The molecule has 21 heavy (non-hydrogen) atoms. The molecule has 2 aromatic rings. The summed E-state index contributed by atoms with van der Waals surface area (Å²) in [5.74, 6) is 0.908. The van der Waals surface area contributed by atoms with Crippen molar-refractivity contribution in [1.82, 2.24) is 5.32 Å². The van der Waals surface area contributed by atoms with Gasteiger partial charge in [-0.05, 0) is 77.4 Å². The molecule has 0 spiro atoms. The minimum atomic E-state index is 0.215. The van der Waals surface area contributed by atoms with Crippen molar-refractivity contribution < 1.29 is 4.74 Å². The third-order valence-corrected chi connectivity index (χ3v) is 5.20. The van der Waals surface area contributed by atoms with Crippen molar-refractivity contribution in [1.29, 1.82) is 0 Å². The molecule has 112 valence electrons. The first-order valence-corrected chi connectivity index (χ1v) is 8.29. The average Bonchev–Trinajstić information content (AvgIpc) is 2.48. The van der Waals surface area contributed by atoms with Crippen molar-refractivity contribution in [2.45, 2.75) is 26.8 Å². The second kappa shape index (κ2) is 7.27. The predicted octanol–water partition coefficient (Wildman–Crippen LogP) is 4.62. The highest BCUT2D eigenvalue weighted by molar-refractivity contribution is 14.1. The van der Waals surface area contributed by atoms with E-state index in [4.69, 9.17) is 4.74 Å². The third-order valence-electron chi connectivity index (χ3n) is 3.73. The second-order valence-electron chi connectivity index (χ2n) is 5.19. The fourth-order valence-electron chi connectivity index (χ4n) is 2.58. The summed E-state index contributed by atoms with van der Waals surface area (Å²) in [4.78, 5) is 0. The first kappa shape index (κ1) is 16.3. The molecule has 0 saturated heterocycles. The van der Waals surface area contributed by atoms with Gasteiger partial charge in [-0.25, -0.2) is 0 Å². The van der Waals surface area contributed by atoms with Gasteiger partial charge in [-0.2, -0.15) is 0 Å². The van der Waals surface area contributed by atoms with Crippen LogP contribution in [-0.2, 0) is 0 Å². The van der Waals surface area contributed by atoms with Gasteiger partial charge >= 0.3 is 0 Å². The maximum Gasteiger partial charge on any atom is 0.119 e. The van der Waals surface area contributed by atoms with Crippen LogP contribution in [0.2, 0.25) is 0 Å². The average molecular weight is 395 g/mol. The van der Waals surface area contributed by atoms with Crippen molar-refractivity contribution in [3.05, 3.63) is 62.2 Å². The fourth-order valence-corrected chi connectivity index (χ4v) is 3.25. The Bertz CT molecular complexity index is 625. The minimum absolute atomic E-state index is 0.215. The first-order chi connectivity index (χ1) is 10.1. The number of nitrogens with one attached hydrogen (secondary N) is 1. The van der Waals surface area contributed by atoms with Crippen LogP contribution in [0.15, 0.2) is 36.4 Å². The molecule has 2 aromatic carbocycles. The Hall–Kier alpha value is -1.07. The molecule has 0 amide bonds. The summed E-state index contributed by atoms with van der Waals surface area (Å²) in [5, 5.41) is 3.62. The number of halogens is 1. The van der Waals surface area contributed by atoms with Crippen LogP contribution >= 0.6 is 22.6 Å². The van der Waals surface area contributed by atoms with Gasteiger partial charge < -0.3 is 10.1 Å². The van der Waals surface area contributed by atoms with Crippen LogP contribution in [-0.4, -0.2) is 13.7 Å². The molecular formula is C18H22INO. The molecule has 1 N–H and O–H groups in total. The van der Waals surface area contributed by atoms with Crippen LogP contribution in [0.25, 0.3) is 0 Å². The lowest BCUT2D eigenvalue weighted by molar-refractivity contribution is 0.414. The lowest BCUT2D eigenvalue weighted by atomic mass is 9.94. The standard InChI is InChI=1S/C18H22INO/c1-5-20-18(16-8-6-7-12(2)17(16)19)15-10-9-14(21-4)11-13(15)3/h6-11,18,20H,5H2,1-4H3. The van der Waals surface area contributed by atoms with E-state index in [2.05, 4.69) is 79.0 Å². The van der Waals surface area contributed by atoms with Gasteiger partial charge in [0.05, 0.1) is 13.2 Å². The summed E-state index contributed by atoms with van der Waals surface area (Å²) >= 11 is 2.45. The van der Waals surface area contributed by atoms with Gasteiger partial charge in [0.15, 0.2) is 0 Å². The lowest BCUT2D eigenvalue weighted by Crippen LogP contribution is -2.23. The molecule has 1 atom stereocenters. The third kappa shape index (κ3) is 3.58. The Balaban J connectivity index is 2.51. The van der Waals surface area contributed by atoms with Crippen LogP contribution < -0.4 is 10.1 Å². The van der Waals surface area contributed by atoms with Crippen molar-refractivity contribution in [2.75, 3.05) is 13.7 Å². The van der Waals surface area contributed by atoms with Crippen molar-refractivity contribution in [3.63, 3.8) is 0 Å². The summed E-state index contributed by atoms with van der Waals surface area (Å²) in [6, 6.07) is 13.0. The molecule has 2 rings (SSSR count). The zero-order chi connectivity index (χ0) is 15.4. The smallest absolute Gasteiger partial charge is 0.119 e. The minimum Gasteiger partial charge on any atom is -0.497 e. The Kier molecular flexibility index (Phi) is 5.65. The molecule has 0 heterocycles. The summed E-state index contributed by atoms with van der Waals surface area (Å²) in [7, 11) is 1.71. The van der Waals surface area contributed by atoms with Gasteiger partial charge in [-0.15, -0.1) is 0 Å². The number of ether oxygens (including phenoxy) is 1. The molecule has 1 unspecified atom stereocenters. The molecule has 3 heteroatoms. The van der Waals surface area contributed by atoms with E-state index in [0.717, 1.165) is 12.3 Å². The Morgan fingerprint density at radius 3 is 2.48 bits per heavy atom. The summed E-state index contributed by atoms with van der Waals surface area (Å²) in [6.45, 7) is 7.38. The fraction of sp³-hybridized carbons (Fsp3) is 0.333. The largest absolute Gasteiger partial charge is 0.497 e. The Morgan fingerprint density at radius 2 is 1.86 bits per heavy atom. The molecule has 2 nitrogen and oxygen atoms in total. The predicted molar refractivity (Wildman–Crippen MR) is 97.1 cm³/mol. The number of rotatable bonds is 5. The SMILES string of the molecule is CCNC(c1ccc(OC)cc1C)c1cccc(C)c1I. The van der Waals surface area contributed by atoms with E-state index < -0.39 is 0 Å². The van der Waals surface area contributed by atoms with Gasteiger partial charge in [-0.1, -0.05) is 31.2 Å². The molecule has 0 radical (unpaired) electrons. The first-order valence-electron chi connectivity index (χ1n) is 7.21. The van der Waals surface area contributed by atoms with Crippen molar-refractivity contribution in [3.8, 4) is 5.75 Å². The second-order valence-corrected chi connectivity index (χ2v) is 6.27. The van der Waals surface area contributed by atoms with Gasteiger partial charge in [-0.3, -0.25) is 0 Å². The molecular weight excluding hydrogens is 373 g/mol. The topological polar surface area (TPSA) is 21.3 Å². The van der Waals surface area contributed by atoms with E-state index in [0.29, 0.717) is 0 Å². The zero-order valence-electron chi connectivity index (χ0n) is 13.0. The van der Waals surface area contributed by atoms with Crippen LogP contribution in [0.4, 0.5) is 0 Å². The van der Waals surface area contributed by atoms with Crippen LogP contribution in [0.3, 0.4) is 0 Å². The number of aryl methyl sites for hydroxylation is 2. The monoisotopic (exact) mass is 395 g/mol. The highest BCUT2D eigenvalue weighted by Crippen LogP contribution is 2.31. The molecule has 0 aliphatic heterocycles. The van der Waals surface area contributed by atoms with Crippen LogP contribution in [0, 0.1) is 17.4 Å². The summed E-state index contributed by atoms with van der Waals surface area (Å²) in [5.41, 5.74) is 5.21. The van der Waals surface area contributed by atoms with E-state index in [1.807, 2.05) is 6.07 Å². The van der Waals surface area contributed by atoms with E-state index in [9.17, 15) is 0 Å². The van der Waals surface area contributed by atoms with Crippen molar-refractivity contribution in [2.24, 2.45) is 0 Å². The number of benzene rings is 2. The number of hydrogen-bond donors (Lipinski definition) is 1. The lowest BCUT2D eigenvalue weighted by Gasteiger charge is -2.23. The van der Waals surface area contributed by atoms with Gasteiger partial charge in [0, 0.05) is 3.57 Å². The van der Waals surface area contributed by atoms with E-state index in [1.165, 1.54) is 25.8 Å². The molecule has 0 aromatic heterocycles. The summed E-state index contributed by atoms with van der Waals surface area (Å²) < 4.78 is 6.65. The van der Waals surface area contributed by atoms with E-state index >= 15 is 0 Å². The molecule has 0 aliphatic rings. The molecule has 0 fully saturated rings. The normalized spacial score (nSPS) is 12.2.